The van der Waals surface area contributed by atoms with Crippen LogP contribution in [0.4, 0.5) is 0 Å². The van der Waals surface area contributed by atoms with Crippen LogP contribution < -0.4 is 11.4 Å². The molecule has 2 rings (SSSR count). The Labute approximate surface area is 112 Å². The minimum Gasteiger partial charge on any atom is -0.244 e. The third-order valence-corrected chi connectivity index (χ3v) is 2.44. The maximum Gasteiger partial charge on any atom is 0.364 e. The molecule has 2 N–H and O–H groups in total. The SMILES string of the molecule is Cc1n[nH]c(=O)n1/N=C\CC/C=N/n1c(C)n[nH]c1=O. The fourth-order valence-corrected chi connectivity index (χ4v) is 1.44. The van der Waals surface area contributed by atoms with Gasteiger partial charge in [0.25, 0.3) is 0 Å². The number of aryl methyl sites for hydroxylation is 2. The second kappa shape index (κ2) is 5.91. The van der Waals surface area contributed by atoms with E-state index in [1.807, 2.05) is 0 Å². The van der Waals surface area contributed by atoms with Crippen LogP contribution in [0.25, 0.3) is 0 Å². The van der Waals surface area contributed by atoms with Crippen LogP contribution >= 0.6 is 0 Å². The minimum absolute atomic E-state index is 0.381. The van der Waals surface area contributed by atoms with Crippen molar-refractivity contribution < 1.29 is 0 Å². The quantitative estimate of drug-likeness (QED) is 0.549. The predicted octanol–water partition coefficient (Wildman–Crippen LogP) is -0.779. The lowest BCUT2D eigenvalue weighted by atomic mass is 10.3. The summed E-state index contributed by atoms with van der Waals surface area (Å²) < 4.78 is 2.34. The molecule has 0 atom stereocenters. The summed E-state index contributed by atoms with van der Waals surface area (Å²) in [6.07, 6.45) is 4.32. The fourth-order valence-electron chi connectivity index (χ4n) is 1.44. The first-order valence-corrected chi connectivity index (χ1v) is 5.93. The van der Waals surface area contributed by atoms with E-state index in [1.165, 1.54) is 9.35 Å². The highest BCUT2D eigenvalue weighted by atomic mass is 16.2. The van der Waals surface area contributed by atoms with Gasteiger partial charge in [-0.1, -0.05) is 0 Å². The highest BCUT2D eigenvalue weighted by molar-refractivity contribution is 5.65. The third kappa shape index (κ3) is 2.96. The molecule has 0 radical (unpaired) electrons. The first kappa shape index (κ1) is 13.6. The molecule has 106 valence electrons. The van der Waals surface area contributed by atoms with Gasteiger partial charge in [0.2, 0.25) is 0 Å². The van der Waals surface area contributed by atoms with Gasteiger partial charge < -0.3 is 0 Å². The van der Waals surface area contributed by atoms with Crippen molar-refractivity contribution in [1.29, 1.82) is 0 Å². The summed E-state index contributed by atoms with van der Waals surface area (Å²) in [6.45, 7) is 3.34. The van der Waals surface area contributed by atoms with E-state index in [1.54, 1.807) is 26.3 Å². The first-order valence-electron chi connectivity index (χ1n) is 5.93. The smallest absolute Gasteiger partial charge is 0.244 e. The molecule has 0 bridgehead atoms. The second-order valence-corrected chi connectivity index (χ2v) is 3.95. The normalized spacial score (nSPS) is 11.9. The van der Waals surface area contributed by atoms with Gasteiger partial charge in [-0.25, -0.2) is 19.8 Å². The van der Waals surface area contributed by atoms with E-state index < -0.39 is 0 Å². The van der Waals surface area contributed by atoms with Crippen molar-refractivity contribution in [2.24, 2.45) is 10.2 Å². The lowest BCUT2D eigenvalue weighted by molar-refractivity contribution is 0.790. The van der Waals surface area contributed by atoms with Crippen molar-refractivity contribution in [3.63, 3.8) is 0 Å². The van der Waals surface area contributed by atoms with Gasteiger partial charge in [0.15, 0.2) is 11.6 Å². The summed E-state index contributed by atoms with van der Waals surface area (Å²) in [6, 6.07) is 0. The maximum absolute atomic E-state index is 11.2. The fraction of sp³-hybridized carbons (Fsp3) is 0.400. The van der Waals surface area contributed by atoms with Gasteiger partial charge in [0, 0.05) is 12.4 Å². The Bertz CT molecular complexity index is 680. The Hall–Kier alpha value is -2.78. The molecular formula is C10H14N8O2. The molecule has 0 spiro atoms. The van der Waals surface area contributed by atoms with Crippen molar-refractivity contribution in [3.05, 3.63) is 32.6 Å². The molecule has 2 aromatic heterocycles. The van der Waals surface area contributed by atoms with Gasteiger partial charge in [-0.2, -0.15) is 29.8 Å². The Morgan fingerprint density at radius 1 is 0.950 bits per heavy atom. The van der Waals surface area contributed by atoms with E-state index in [2.05, 4.69) is 30.6 Å². The van der Waals surface area contributed by atoms with Crippen LogP contribution in [-0.2, 0) is 0 Å². The van der Waals surface area contributed by atoms with Gasteiger partial charge >= 0.3 is 11.4 Å². The number of unbranched alkanes of at least 4 members (excludes halogenated alkanes) is 1. The molecule has 0 aliphatic rings. The number of nitrogens with zero attached hydrogens (tertiary/aromatic N) is 6. The van der Waals surface area contributed by atoms with Crippen molar-refractivity contribution in [1.82, 2.24) is 29.7 Å². The van der Waals surface area contributed by atoms with Crippen LogP contribution in [0.3, 0.4) is 0 Å². The van der Waals surface area contributed by atoms with Crippen molar-refractivity contribution >= 4 is 12.4 Å². The number of H-pyrrole nitrogens is 2. The van der Waals surface area contributed by atoms with Crippen LogP contribution in [0.2, 0.25) is 0 Å². The van der Waals surface area contributed by atoms with Crippen molar-refractivity contribution in [2.45, 2.75) is 26.7 Å². The molecule has 0 aliphatic carbocycles. The zero-order chi connectivity index (χ0) is 14.5. The zero-order valence-electron chi connectivity index (χ0n) is 11.1. The summed E-state index contributed by atoms with van der Waals surface area (Å²) in [4.78, 5) is 22.5. The molecule has 0 saturated carbocycles. The van der Waals surface area contributed by atoms with E-state index in [0.717, 1.165) is 0 Å². The topological polar surface area (TPSA) is 126 Å². The van der Waals surface area contributed by atoms with E-state index >= 15 is 0 Å². The lowest BCUT2D eigenvalue weighted by Crippen LogP contribution is -2.14. The average Bonchev–Trinajstić information content (AvgIpc) is 2.90. The van der Waals surface area contributed by atoms with Crippen LogP contribution in [0, 0.1) is 13.8 Å². The summed E-state index contributed by atoms with van der Waals surface area (Å²) in [5.74, 6) is 0.973. The molecule has 2 heterocycles. The molecule has 0 amide bonds. The number of hydrogen-bond donors (Lipinski definition) is 2. The van der Waals surface area contributed by atoms with Gasteiger partial charge in [0.1, 0.15) is 0 Å². The van der Waals surface area contributed by atoms with Crippen LogP contribution in [-0.4, -0.2) is 42.2 Å². The Morgan fingerprint density at radius 2 is 1.35 bits per heavy atom. The molecule has 10 heteroatoms. The van der Waals surface area contributed by atoms with Gasteiger partial charge in [0.05, 0.1) is 0 Å². The molecule has 0 aromatic carbocycles. The van der Waals surface area contributed by atoms with Crippen LogP contribution in [0.15, 0.2) is 19.8 Å². The highest BCUT2D eigenvalue weighted by Gasteiger charge is 2.00. The number of aromatic nitrogens is 6. The standard InChI is InChI=1S/C10H14N8O2/c1-7-13-15-9(19)17(7)11-5-3-4-6-12-18-8(2)14-16-10(18)20/h5-6H,3-4H2,1-2H3,(H,15,19)(H,16,20)/b11-5-,12-6+. The monoisotopic (exact) mass is 278 g/mol. The largest absolute Gasteiger partial charge is 0.364 e. The molecular weight excluding hydrogens is 264 g/mol. The van der Waals surface area contributed by atoms with E-state index in [9.17, 15) is 9.59 Å². The molecule has 0 aliphatic heterocycles. The first-order chi connectivity index (χ1) is 9.59. The van der Waals surface area contributed by atoms with Crippen LogP contribution in [0.5, 0.6) is 0 Å². The average molecular weight is 278 g/mol. The number of rotatable bonds is 5. The Balaban J connectivity index is 1.88. The summed E-state index contributed by atoms with van der Waals surface area (Å²) >= 11 is 0. The molecule has 2 aromatic rings. The predicted molar refractivity (Wildman–Crippen MR) is 72.2 cm³/mol. The zero-order valence-corrected chi connectivity index (χ0v) is 11.1. The Kier molecular flexibility index (Phi) is 4.03. The number of nitrogens with one attached hydrogen (secondary N) is 2. The third-order valence-electron chi connectivity index (χ3n) is 2.44. The maximum atomic E-state index is 11.2. The van der Waals surface area contributed by atoms with Crippen molar-refractivity contribution in [3.8, 4) is 0 Å². The van der Waals surface area contributed by atoms with Gasteiger partial charge in [-0.3, -0.25) is 0 Å². The molecule has 0 saturated heterocycles. The summed E-state index contributed by atoms with van der Waals surface area (Å²) in [5.41, 5.74) is -0.763. The van der Waals surface area contributed by atoms with Crippen LogP contribution in [0.1, 0.15) is 24.5 Å². The molecule has 20 heavy (non-hydrogen) atoms. The van der Waals surface area contributed by atoms with E-state index in [0.29, 0.717) is 24.5 Å². The van der Waals surface area contributed by atoms with Gasteiger partial charge in [-0.15, -0.1) is 0 Å². The number of hydrogen-bond acceptors (Lipinski definition) is 6. The number of aromatic amines is 2. The highest BCUT2D eigenvalue weighted by Crippen LogP contribution is 1.89. The summed E-state index contributed by atoms with van der Waals surface area (Å²) in [7, 11) is 0. The van der Waals surface area contributed by atoms with E-state index in [-0.39, 0.29) is 11.4 Å². The molecule has 0 unspecified atom stereocenters. The summed E-state index contributed by atoms with van der Waals surface area (Å²) in [5, 5.41) is 20.0. The van der Waals surface area contributed by atoms with Crippen molar-refractivity contribution in [2.75, 3.05) is 0 Å². The second-order valence-electron chi connectivity index (χ2n) is 3.95. The lowest BCUT2D eigenvalue weighted by Gasteiger charge is -1.92. The minimum atomic E-state index is -0.381. The van der Waals surface area contributed by atoms with Gasteiger partial charge in [-0.05, 0) is 26.7 Å². The van der Waals surface area contributed by atoms with E-state index in [4.69, 9.17) is 0 Å². The Morgan fingerprint density at radius 3 is 1.65 bits per heavy atom. The molecule has 10 nitrogen and oxygen atoms in total. The molecule has 0 fully saturated rings.